The van der Waals surface area contributed by atoms with Gasteiger partial charge in [0.2, 0.25) is 0 Å². The van der Waals surface area contributed by atoms with E-state index in [0.717, 1.165) is 22.4 Å². The third-order valence-electron chi connectivity index (χ3n) is 4.84. The number of hydrogen-bond acceptors (Lipinski definition) is 3. The van der Waals surface area contributed by atoms with E-state index in [-0.39, 0.29) is 17.8 Å². The smallest absolute Gasteiger partial charge is 0.251 e. The van der Waals surface area contributed by atoms with Gasteiger partial charge in [-0.3, -0.25) is 4.79 Å². The summed E-state index contributed by atoms with van der Waals surface area (Å²) >= 11 is 0. The van der Waals surface area contributed by atoms with Crippen LogP contribution in [0.15, 0.2) is 84.0 Å². The van der Waals surface area contributed by atoms with E-state index < -0.39 is 0 Å². The fourth-order valence-corrected chi connectivity index (χ4v) is 3.34. The standard InChI is InChI=1S/C24H21FN2O2/c25-21-8-4-5-17(13-21)14-22-15-23(29-27-22)16-26-24(28)20-11-9-19(10-12-20)18-6-2-1-3-7-18/h1-13,23H,14-16H2,(H,26,28)/t23-/m0/s1. The Hall–Kier alpha value is -3.47. The van der Waals surface area contributed by atoms with Crippen molar-refractivity contribution in [1.82, 2.24) is 5.32 Å². The van der Waals surface area contributed by atoms with Gasteiger partial charge in [0.25, 0.3) is 5.91 Å². The molecule has 1 N–H and O–H groups in total. The highest BCUT2D eigenvalue weighted by Crippen LogP contribution is 2.19. The van der Waals surface area contributed by atoms with Gasteiger partial charge in [-0.25, -0.2) is 4.39 Å². The van der Waals surface area contributed by atoms with Gasteiger partial charge in [-0.1, -0.05) is 59.8 Å². The Bertz CT molecular complexity index is 1020. The summed E-state index contributed by atoms with van der Waals surface area (Å²) in [4.78, 5) is 17.8. The van der Waals surface area contributed by atoms with Crippen molar-refractivity contribution < 1.29 is 14.0 Å². The second-order valence-corrected chi connectivity index (χ2v) is 7.05. The summed E-state index contributed by atoms with van der Waals surface area (Å²) in [6.45, 7) is 0.370. The number of nitrogens with zero attached hydrogens (tertiary/aromatic N) is 1. The Morgan fingerprint density at radius 2 is 1.76 bits per heavy atom. The Morgan fingerprint density at radius 3 is 2.52 bits per heavy atom. The molecule has 0 radical (unpaired) electrons. The zero-order valence-corrected chi connectivity index (χ0v) is 15.8. The molecule has 0 spiro atoms. The highest BCUT2D eigenvalue weighted by molar-refractivity contribution is 5.94. The highest BCUT2D eigenvalue weighted by atomic mass is 19.1. The van der Waals surface area contributed by atoms with Crippen LogP contribution in [0.1, 0.15) is 22.3 Å². The second-order valence-electron chi connectivity index (χ2n) is 7.05. The summed E-state index contributed by atoms with van der Waals surface area (Å²) in [5, 5.41) is 6.98. The van der Waals surface area contributed by atoms with Gasteiger partial charge in [-0.05, 0) is 41.0 Å². The van der Waals surface area contributed by atoms with E-state index in [4.69, 9.17) is 4.84 Å². The molecule has 0 saturated carbocycles. The SMILES string of the molecule is O=C(NC[C@@H]1CC(Cc2cccc(F)c2)=NO1)c1ccc(-c2ccccc2)cc1. The van der Waals surface area contributed by atoms with Crippen LogP contribution in [-0.2, 0) is 11.3 Å². The minimum Gasteiger partial charge on any atom is -0.390 e. The van der Waals surface area contributed by atoms with Crippen molar-refractivity contribution in [2.45, 2.75) is 18.9 Å². The first-order chi connectivity index (χ1) is 14.2. The molecule has 4 rings (SSSR count). The fraction of sp³-hybridized carbons (Fsp3) is 0.167. The lowest BCUT2D eigenvalue weighted by Crippen LogP contribution is -2.32. The molecule has 1 amide bonds. The topological polar surface area (TPSA) is 50.7 Å². The average molecular weight is 388 g/mol. The molecular weight excluding hydrogens is 367 g/mol. The third-order valence-corrected chi connectivity index (χ3v) is 4.84. The van der Waals surface area contributed by atoms with E-state index in [0.29, 0.717) is 24.9 Å². The van der Waals surface area contributed by atoms with Crippen LogP contribution in [0.3, 0.4) is 0 Å². The van der Waals surface area contributed by atoms with Crippen molar-refractivity contribution in [2.24, 2.45) is 5.16 Å². The Labute approximate surface area is 169 Å². The average Bonchev–Trinajstić information content (AvgIpc) is 3.20. The molecule has 5 heteroatoms. The van der Waals surface area contributed by atoms with Crippen LogP contribution in [0.4, 0.5) is 4.39 Å². The van der Waals surface area contributed by atoms with Gasteiger partial charge < -0.3 is 10.2 Å². The van der Waals surface area contributed by atoms with Crippen LogP contribution in [0.25, 0.3) is 11.1 Å². The van der Waals surface area contributed by atoms with E-state index in [1.165, 1.54) is 12.1 Å². The van der Waals surface area contributed by atoms with Crippen LogP contribution >= 0.6 is 0 Å². The minimum atomic E-state index is -0.260. The summed E-state index contributed by atoms with van der Waals surface area (Å²) < 4.78 is 13.3. The maximum Gasteiger partial charge on any atom is 0.251 e. The number of amides is 1. The summed E-state index contributed by atoms with van der Waals surface area (Å²) in [5.74, 6) is -0.407. The molecule has 0 unspecified atom stereocenters. The first kappa shape index (κ1) is 18.9. The van der Waals surface area contributed by atoms with E-state index in [1.807, 2.05) is 60.7 Å². The lowest BCUT2D eigenvalue weighted by molar-refractivity contribution is 0.0753. The van der Waals surface area contributed by atoms with Crippen LogP contribution in [0.5, 0.6) is 0 Å². The molecule has 1 heterocycles. The van der Waals surface area contributed by atoms with Crippen LogP contribution in [0.2, 0.25) is 0 Å². The van der Waals surface area contributed by atoms with Crippen molar-refractivity contribution in [3.8, 4) is 11.1 Å². The van der Waals surface area contributed by atoms with Gasteiger partial charge in [-0.2, -0.15) is 0 Å². The molecule has 0 saturated heterocycles. The van der Waals surface area contributed by atoms with Gasteiger partial charge in [-0.15, -0.1) is 0 Å². The minimum absolute atomic E-state index is 0.146. The molecule has 0 aliphatic carbocycles. The number of carbonyl (C=O) groups is 1. The summed E-state index contributed by atoms with van der Waals surface area (Å²) in [5.41, 5.74) is 4.49. The Balaban J connectivity index is 1.27. The zero-order valence-electron chi connectivity index (χ0n) is 15.8. The van der Waals surface area contributed by atoms with E-state index >= 15 is 0 Å². The molecule has 0 fully saturated rings. The number of rotatable bonds is 6. The van der Waals surface area contributed by atoms with Crippen molar-refractivity contribution in [3.05, 3.63) is 95.8 Å². The molecule has 3 aromatic rings. The summed E-state index contributed by atoms with van der Waals surface area (Å²) in [6, 6.07) is 24.0. The number of carbonyl (C=O) groups excluding carboxylic acids is 1. The van der Waals surface area contributed by atoms with E-state index in [1.54, 1.807) is 6.07 Å². The lowest BCUT2D eigenvalue weighted by atomic mass is 10.0. The number of oxime groups is 1. The van der Waals surface area contributed by atoms with Gasteiger partial charge in [0.1, 0.15) is 11.9 Å². The molecule has 0 aromatic heterocycles. The zero-order chi connectivity index (χ0) is 20.1. The van der Waals surface area contributed by atoms with Crippen molar-refractivity contribution in [1.29, 1.82) is 0 Å². The predicted molar refractivity (Wildman–Crippen MR) is 111 cm³/mol. The predicted octanol–water partition coefficient (Wildman–Crippen LogP) is 4.61. The largest absolute Gasteiger partial charge is 0.390 e. The summed E-state index contributed by atoms with van der Waals surface area (Å²) in [6.07, 6.45) is 0.957. The van der Waals surface area contributed by atoms with E-state index in [2.05, 4.69) is 10.5 Å². The Morgan fingerprint density at radius 1 is 1.00 bits per heavy atom. The third kappa shape index (κ3) is 4.88. The Kier molecular flexibility index (Phi) is 5.66. The number of hydrogen-bond donors (Lipinski definition) is 1. The van der Waals surface area contributed by atoms with Crippen molar-refractivity contribution in [2.75, 3.05) is 6.54 Å². The second kappa shape index (κ2) is 8.69. The maximum absolute atomic E-state index is 13.3. The molecule has 1 aliphatic rings. The van der Waals surface area contributed by atoms with Crippen LogP contribution in [-0.4, -0.2) is 24.3 Å². The first-order valence-corrected chi connectivity index (χ1v) is 9.57. The molecule has 0 bridgehead atoms. The number of halogens is 1. The van der Waals surface area contributed by atoms with Gasteiger partial charge in [0.15, 0.2) is 0 Å². The van der Waals surface area contributed by atoms with Gasteiger partial charge in [0, 0.05) is 18.4 Å². The van der Waals surface area contributed by atoms with Crippen molar-refractivity contribution >= 4 is 11.6 Å². The molecule has 4 nitrogen and oxygen atoms in total. The number of nitrogens with one attached hydrogen (secondary N) is 1. The van der Waals surface area contributed by atoms with Gasteiger partial charge in [0.05, 0.1) is 12.3 Å². The maximum atomic E-state index is 13.3. The number of benzene rings is 3. The van der Waals surface area contributed by atoms with Gasteiger partial charge >= 0.3 is 0 Å². The molecular formula is C24H21FN2O2. The molecule has 29 heavy (non-hydrogen) atoms. The monoisotopic (exact) mass is 388 g/mol. The van der Waals surface area contributed by atoms with Crippen LogP contribution in [0, 0.1) is 5.82 Å². The van der Waals surface area contributed by atoms with Crippen LogP contribution < -0.4 is 5.32 Å². The summed E-state index contributed by atoms with van der Waals surface area (Å²) in [7, 11) is 0. The molecule has 1 aliphatic heterocycles. The first-order valence-electron chi connectivity index (χ1n) is 9.57. The van der Waals surface area contributed by atoms with E-state index in [9.17, 15) is 9.18 Å². The highest BCUT2D eigenvalue weighted by Gasteiger charge is 2.22. The van der Waals surface area contributed by atoms with Crippen molar-refractivity contribution in [3.63, 3.8) is 0 Å². The molecule has 146 valence electrons. The fourth-order valence-electron chi connectivity index (χ4n) is 3.34. The normalized spacial score (nSPS) is 15.5. The molecule has 3 aromatic carbocycles. The molecule has 1 atom stereocenters. The quantitative estimate of drug-likeness (QED) is 0.670. The lowest BCUT2D eigenvalue weighted by Gasteiger charge is -2.10.